The molecular weight excluding hydrogens is 182 g/mol. The molecule has 2 rings (SSSR count). The second kappa shape index (κ2) is 3.44. The smallest absolute Gasteiger partial charge is 0.328 e. The van der Waals surface area contributed by atoms with E-state index in [2.05, 4.69) is 5.32 Å². The van der Waals surface area contributed by atoms with E-state index in [4.69, 9.17) is 5.11 Å². The van der Waals surface area contributed by atoms with Gasteiger partial charge in [-0.25, -0.2) is 4.79 Å². The Balaban J connectivity index is 1.74. The van der Waals surface area contributed by atoms with Crippen LogP contribution in [0, 0.1) is 11.8 Å². The van der Waals surface area contributed by atoms with Gasteiger partial charge < -0.3 is 10.4 Å². The first-order chi connectivity index (χ1) is 6.65. The van der Waals surface area contributed by atoms with Gasteiger partial charge in [0.25, 0.3) is 0 Å². The Morgan fingerprint density at radius 2 is 1.79 bits per heavy atom. The number of hydrogen-bond donors (Lipinski definition) is 2. The van der Waals surface area contributed by atoms with Gasteiger partial charge in [0.15, 0.2) is 0 Å². The lowest BCUT2D eigenvalue weighted by molar-refractivity contribution is -0.131. The second-order valence-electron chi connectivity index (χ2n) is 4.10. The predicted octanol–water partition coefficient (Wildman–Crippen LogP) is 0.542. The quantitative estimate of drug-likeness (QED) is 0.646. The molecule has 0 saturated heterocycles. The van der Waals surface area contributed by atoms with Crippen LogP contribution < -0.4 is 5.32 Å². The maximum Gasteiger partial charge on any atom is 0.328 e. The van der Waals surface area contributed by atoms with Gasteiger partial charge in [0, 0.05) is 18.2 Å². The van der Waals surface area contributed by atoms with Crippen molar-refractivity contribution in [3.05, 3.63) is 12.2 Å². The van der Waals surface area contributed by atoms with E-state index in [1.54, 1.807) is 0 Å². The van der Waals surface area contributed by atoms with Crippen LogP contribution in [0.2, 0.25) is 0 Å². The Labute approximate surface area is 82.0 Å². The molecule has 0 radical (unpaired) electrons. The van der Waals surface area contributed by atoms with Gasteiger partial charge in [0.1, 0.15) is 0 Å². The molecule has 1 amide bonds. The summed E-state index contributed by atoms with van der Waals surface area (Å²) < 4.78 is 0. The molecule has 2 aliphatic rings. The molecule has 2 atom stereocenters. The summed E-state index contributed by atoms with van der Waals surface area (Å²) in [5.41, 5.74) is 0. The van der Waals surface area contributed by atoms with E-state index in [9.17, 15) is 9.59 Å². The molecule has 0 spiro atoms. The van der Waals surface area contributed by atoms with Gasteiger partial charge in [-0.1, -0.05) is 0 Å². The number of amides is 1. The van der Waals surface area contributed by atoms with Gasteiger partial charge in [-0.2, -0.15) is 0 Å². The molecule has 14 heavy (non-hydrogen) atoms. The number of aliphatic carboxylic acids is 1. The third kappa shape index (κ3) is 2.13. The Morgan fingerprint density at radius 1 is 1.14 bits per heavy atom. The van der Waals surface area contributed by atoms with Crippen LogP contribution in [0.25, 0.3) is 0 Å². The highest BCUT2D eigenvalue weighted by Gasteiger charge is 2.45. The van der Waals surface area contributed by atoms with Crippen LogP contribution in [0.1, 0.15) is 19.3 Å². The third-order valence-electron chi connectivity index (χ3n) is 2.97. The van der Waals surface area contributed by atoms with Crippen molar-refractivity contribution in [1.29, 1.82) is 0 Å². The third-order valence-corrected chi connectivity index (χ3v) is 2.97. The Kier molecular flexibility index (Phi) is 2.27. The van der Waals surface area contributed by atoms with E-state index in [-0.39, 0.29) is 11.9 Å². The number of carbonyl (C=O) groups excluding carboxylic acids is 1. The van der Waals surface area contributed by atoms with Crippen LogP contribution in [-0.4, -0.2) is 23.0 Å². The molecule has 4 heteroatoms. The number of fused-ring (bicyclic) bond motifs is 1. The first-order valence-corrected chi connectivity index (χ1v) is 4.86. The van der Waals surface area contributed by atoms with Crippen molar-refractivity contribution in [2.24, 2.45) is 11.8 Å². The molecule has 2 unspecified atom stereocenters. The van der Waals surface area contributed by atoms with Crippen LogP contribution >= 0.6 is 0 Å². The fraction of sp³-hybridized carbons (Fsp3) is 0.600. The zero-order valence-electron chi connectivity index (χ0n) is 7.77. The van der Waals surface area contributed by atoms with Crippen LogP contribution in [0.4, 0.5) is 0 Å². The van der Waals surface area contributed by atoms with Crippen molar-refractivity contribution in [3.63, 3.8) is 0 Å². The van der Waals surface area contributed by atoms with E-state index in [1.165, 1.54) is 6.42 Å². The van der Waals surface area contributed by atoms with Gasteiger partial charge >= 0.3 is 5.97 Å². The maximum absolute atomic E-state index is 11.2. The SMILES string of the molecule is O=C(O)/C=C/C(=O)NC1CC2CC2C1. The summed E-state index contributed by atoms with van der Waals surface area (Å²) in [6, 6.07) is 0.268. The molecule has 0 aromatic carbocycles. The number of carboxylic acid groups (broad SMARTS) is 1. The zero-order valence-corrected chi connectivity index (χ0v) is 7.77. The molecule has 2 saturated carbocycles. The Bertz CT molecular complexity index is 288. The molecule has 76 valence electrons. The summed E-state index contributed by atoms with van der Waals surface area (Å²) in [6.45, 7) is 0. The molecule has 2 fully saturated rings. The van der Waals surface area contributed by atoms with Crippen LogP contribution in [0.5, 0.6) is 0 Å². The minimum Gasteiger partial charge on any atom is -0.478 e. The number of nitrogens with one attached hydrogen (secondary N) is 1. The molecule has 0 aliphatic heterocycles. The van der Waals surface area contributed by atoms with Crippen molar-refractivity contribution in [2.75, 3.05) is 0 Å². The topological polar surface area (TPSA) is 66.4 Å². The minimum absolute atomic E-state index is 0.268. The van der Waals surface area contributed by atoms with Gasteiger partial charge in [-0.3, -0.25) is 4.79 Å². The van der Waals surface area contributed by atoms with Crippen LogP contribution in [0.3, 0.4) is 0 Å². The van der Waals surface area contributed by atoms with Crippen molar-refractivity contribution in [1.82, 2.24) is 5.32 Å². The van der Waals surface area contributed by atoms with Gasteiger partial charge in [-0.05, 0) is 31.1 Å². The summed E-state index contributed by atoms with van der Waals surface area (Å²) in [4.78, 5) is 21.3. The summed E-state index contributed by atoms with van der Waals surface area (Å²) >= 11 is 0. The molecule has 4 nitrogen and oxygen atoms in total. The lowest BCUT2D eigenvalue weighted by Crippen LogP contribution is -2.32. The average Bonchev–Trinajstić information content (AvgIpc) is 2.71. The lowest BCUT2D eigenvalue weighted by Gasteiger charge is -2.11. The number of rotatable bonds is 3. The Morgan fingerprint density at radius 3 is 2.36 bits per heavy atom. The summed E-state index contributed by atoms with van der Waals surface area (Å²) in [5, 5.41) is 11.1. The van der Waals surface area contributed by atoms with Crippen molar-refractivity contribution in [3.8, 4) is 0 Å². The monoisotopic (exact) mass is 195 g/mol. The Hall–Kier alpha value is -1.32. The minimum atomic E-state index is -1.09. The lowest BCUT2D eigenvalue weighted by atomic mass is 10.1. The standard InChI is InChI=1S/C10H13NO3/c12-9(1-2-10(13)14)11-8-4-6-3-7(6)5-8/h1-2,6-8H,3-5H2,(H,11,12)(H,13,14)/b2-1+. The fourth-order valence-electron chi connectivity index (χ4n) is 2.23. The maximum atomic E-state index is 11.2. The van der Waals surface area contributed by atoms with E-state index in [0.29, 0.717) is 0 Å². The first-order valence-electron chi connectivity index (χ1n) is 4.86. The molecular formula is C10H13NO3. The van der Waals surface area contributed by atoms with E-state index >= 15 is 0 Å². The number of carboxylic acids is 1. The van der Waals surface area contributed by atoms with Crippen molar-refractivity contribution in [2.45, 2.75) is 25.3 Å². The molecule has 0 heterocycles. The van der Waals surface area contributed by atoms with E-state index in [1.807, 2.05) is 0 Å². The fourth-order valence-corrected chi connectivity index (χ4v) is 2.23. The largest absolute Gasteiger partial charge is 0.478 e. The van der Waals surface area contributed by atoms with E-state index in [0.717, 1.165) is 36.8 Å². The number of carbonyl (C=O) groups is 2. The molecule has 0 aromatic heterocycles. The summed E-state index contributed by atoms with van der Waals surface area (Å²) in [6.07, 6.45) is 5.39. The molecule has 2 N–H and O–H groups in total. The van der Waals surface area contributed by atoms with Gasteiger partial charge in [0.2, 0.25) is 5.91 Å². The van der Waals surface area contributed by atoms with E-state index < -0.39 is 5.97 Å². The zero-order chi connectivity index (χ0) is 10.1. The van der Waals surface area contributed by atoms with Crippen LogP contribution in [0.15, 0.2) is 12.2 Å². The second-order valence-corrected chi connectivity index (χ2v) is 4.10. The molecule has 0 aromatic rings. The van der Waals surface area contributed by atoms with Crippen molar-refractivity contribution >= 4 is 11.9 Å². The highest BCUT2D eigenvalue weighted by molar-refractivity contribution is 5.94. The first kappa shape index (κ1) is 9.24. The highest BCUT2D eigenvalue weighted by atomic mass is 16.4. The number of hydrogen-bond acceptors (Lipinski definition) is 2. The van der Waals surface area contributed by atoms with Gasteiger partial charge in [-0.15, -0.1) is 0 Å². The van der Waals surface area contributed by atoms with Crippen LogP contribution in [-0.2, 0) is 9.59 Å². The summed E-state index contributed by atoms with van der Waals surface area (Å²) in [7, 11) is 0. The average molecular weight is 195 g/mol. The van der Waals surface area contributed by atoms with Gasteiger partial charge in [0.05, 0.1) is 0 Å². The normalized spacial score (nSPS) is 34.1. The van der Waals surface area contributed by atoms with Crippen molar-refractivity contribution < 1.29 is 14.7 Å². The molecule has 2 aliphatic carbocycles. The highest BCUT2D eigenvalue weighted by Crippen LogP contribution is 2.51. The molecule has 0 bridgehead atoms. The predicted molar refractivity (Wildman–Crippen MR) is 49.5 cm³/mol. The summed E-state index contributed by atoms with van der Waals surface area (Å²) in [5.74, 6) is 0.264.